The van der Waals surface area contributed by atoms with E-state index in [9.17, 15) is 14.4 Å². The second kappa shape index (κ2) is 5.64. The lowest BCUT2D eigenvalue weighted by molar-refractivity contribution is -0.135. The topological polar surface area (TPSA) is 83.8 Å². The zero-order valence-corrected chi connectivity index (χ0v) is 15.9. The number of imide groups is 1. The minimum Gasteiger partial charge on any atom is -0.323 e. The van der Waals surface area contributed by atoms with Crippen LogP contribution in [0.4, 0.5) is 4.79 Å². The van der Waals surface area contributed by atoms with Crippen molar-refractivity contribution in [1.29, 1.82) is 0 Å². The second-order valence-corrected chi connectivity index (χ2v) is 9.27. The lowest BCUT2D eigenvalue weighted by atomic mass is 9.64. The average Bonchev–Trinajstić information content (AvgIpc) is 3.05. The van der Waals surface area contributed by atoms with Crippen molar-refractivity contribution in [2.24, 2.45) is 11.3 Å². The van der Waals surface area contributed by atoms with Gasteiger partial charge in [-0.15, -0.1) is 11.3 Å². The van der Waals surface area contributed by atoms with Crippen molar-refractivity contribution in [3.05, 3.63) is 33.7 Å². The number of hydrogen-bond acceptors (Lipinski definition) is 5. The number of nitrogens with zero attached hydrogens (tertiary/aromatic N) is 3. The van der Waals surface area contributed by atoms with Crippen LogP contribution in [0.5, 0.6) is 0 Å². The molecular weight excluding hydrogens is 352 g/mol. The molecule has 1 spiro atoms. The van der Waals surface area contributed by atoms with Gasteiger partial charge in [0.05, 0.1) is 12.2 Å². The maximum Gasteiger partial charge on any atom is 0.325 e. The first kappa shape index (κ1) is 17.2. The molecule has 3 amide bonds. The minimum absolute atomic E-state index is 0.0103. The number of aromatic nitrogens is 2. The fourth-order valence-corrected chi connectivity index (χ4v) is 5.52. The normalized spacial score (nSPS) is 28.1. The van der Waals surface area contributed by atoms with E-state index >= 15 is 0 Å². The van der Waals surface area contributed by atoms with Crippen LogP contribution >= 0.6 is 11.3 Å². The molecule has 2 aliphatic rings. The number of rotatable bonds is 2. The van der Waals surface area contributed by atoms with Gasteiger partial charge in [0.15, 0.2) is 4.96 Å². The molecule has 2 atom stereocenters. The molecule has 138 valence electrons. The van der Waals surface area contributed by atoms with Crippen molar-refractivity contribution in [2.45, 2.75) is 52.1 Å². The Kier molecular flexibility index (Phi) is 3.73. The van der Waals surface area contributed by atoms with E-state index in [2.05, 4.69) is 31.1 Å². The molecule has 26 heavy (non-hydrogen) atoms. The number of carbonyl (C=O) groups is 2. The van der Waals surface area contributed by atoms with Crippen LogP contribution in [0.25, 0.3) is 4.96 Å². The third-order valence-electron chi connectivity index (χ3n) is 5.30. The highest BCUT2D eigenvalue weighted by molar-refractivity contribution is 7.15. The first-order chi connectivity index (χ1) is 12.2. The van der Waals surface area contributed by atoms with E-state index in [4.69, 9.17) is 0 Å². The maximum absolute atomic E-state index is 13.2. The largest absolute Gasteiger partial charge is 0.325 e. The Morgan fingerprint density at radius 2 is 2.08 bits per heavy atom. The van der Waals surface area contributed by atoms with Gasteiger partial charge in [-0.2, -0.15) is 0 Å². The predicted octanol–water partition coefficient (Wildman–Crippen LogP) is 2.39. The zero-order valence-electron chi connectivity index (χ0n) is 15.1. The number of amides is 3. The molecule has 7 nitrogen and oxygen atoms in total. The van der Waals surface area contributed by atoms with Gasteiger partial charge in [0.25, 0.3) is 11.5 Å². The van der Waals surface area contributed by atoms with Crippen molar-refractivity contribution in [3.8, 4) is 0 Å². The lowest BCUT2D eigenvalue weighted by Crippen LogP contribution is -2.54. The highest BCUT2D eigenvalue weighted by Crippen LogP contribution is 2.46. The Bertz CT molecular complexity index is 963. The SMILES string of the molecule is C[C@H]1CC(C)(C)C[C@@]2(C1)NC(=O)N(Cc1cc(=O)n3ccsc3n1)C2=O. The number of thiazole rings is 1. The molecule has 0 bridgehead atoms. The Morgan fingerprint density at radius 1 is 1.31 bits per heavy atom. The summed E-state index contributed by atoms with van der Waals surface area (Å²) in [4.78, 5) is 44.1. The summed E-state index contributed by atoms with van der Waals surface area (Å²) in [5.41, 5.74) is -0.620. The van der Waals surface area contributed by atoms with Crippen molar-refractivity contribution in [1.82, 2.24) is 19.6 Å². The van der Waals surface area contributed by atoms with Gasteiger partial charge in [-0.3, -0.25) is 18.9 Å². The Balaban J connectivity index is 1.64. The van der Waals surface area contributed by atoms with E-state index in [-0.39, 0.29) is 23.4 Å². The number of hydrogen-bond donors (Lipinski definition) is 1. The molecule has 2 fully saturated rings. The van der Waals surface area contributed by atoms with Gasteiger partial charge in [0.2, 0.25) is 0 Å². The van der Waals surface area contributed by atoms with Crippen molar-refractivity contribution in [2.75, 3.05) is 0 Å². The van der Waals surface area contributed by atoms with Gasteiger partial charge in [-0.1, -0.05) is 20.8 Å². The molecule has 0 unspecified atom stereocenters. The fraction of sp³-hybridized carbons (Fsp3) is 0.556. The molecule has 1 saturated carbocycles. The molecule has 3 heterocycles. The molecule has 0 aromatic carbocycles. The molecule has 8 heteroatoms. The third kappa shape index (κ3) is 2.72. The first-order valence-corrected chi connectivity index (χ1v) is 9.67. The third-order valence-corrected chi connectivity index (χ3v) is 6.06. The van der Waals surface area contributed by atoms with Crippen LogP contribution in [0.1, 0.15) is 45.7 Å². The van der Waals surface area contributed by atoms with Crippen LogP contribution in [0.3, 0.4) is 0 Å². The predicted molar refractivity (Wildman–Crippen MR) is 97.9 cm³/mol. The van der Waals surface area contributed by atoms with Crippen molar-refractivity contribution < 1.29 is 9.59 Å². The number of carbonyl (C=O) groups excluding carboxylic acids is 2. The van der Waals surface area contributed by atoms with Crippen LogP contribution in [-0.4, -0.2) is 31.8 Å². The van der Waals surface area contributed by atoms with Crippen LogP contribution in [0.15, 0.2) is 22.4 Å². The van der Waals surface area contributed by atoms with E-state index in [1.165, 1.54) is 26.7 Å². The summed E-state index contributed by atoms with van der Waals surface area (Å²) in [6.07, 6.45) is 3.97. The first-order valence-electron chi connectivity index (χ1n) is 8.79. The van der Waals surface area contributed by atoms with Gasteiger partial charge in [0.1, 0.15) is 5.54 Å². The Labute approximate surface area is 155 Å². The molecule has 1 saturated heterocycles. The van der Waals surface area contributed by atoms with Crippen molar-refractivity contribution >= 4 is 28.2 Å². The van der Waals surface area contributed by atoms with Gasteiger partial charge < -0.3 is 5.32 Å². The summed E-state index contributed by atoms with van der Waals surface area (Å²) in [6.45, 7) is 6.42. The standard InChI is InChI=1S/C18H22N4O3S/c1-11-7-17(2,3)10-18(8-11)14(24)22(15(25)20-18)9-12-6-13(23)21-4-5-26-16(21)19-12/h4-6,11H,7-10H2,1-3H3,(H,20,25)/t11-,18+/m0/s1. The highest BCUT2D eigenvalue weighted by Gasteiger charge is 2.56. The van der Waals surface area contributed by atoms with Gasteiger partial charge in [-0.05, 0) is 30.6 Å². The monoisotopic (exact) mass is 374 g/mol. The second-order valence-electron chi connectivity index (χ2n) is 8.40. The Morgan fingerprint density at radius 3 is 2.81 bits per heavy atom. The molecule has 1 N–H and O–H groups in total. The maximum atomic E-state index is 13.2. The van der Waals surface area contributed by atoms with E-state index in [1.54, 1.807) is 11.6 Å². The van der Waals surface area contributed by atoms with Crippen LogP contribution < -0.4 is 10.9 Å². The summed E-state index contributed by atoms with van der Waals surface area (Å²) < 4.78 is 1.45. The Hall–Kier alpha value is -2.22. The van der Waals surface area contributed by atoms with Crippen LogP contribution in [0.2, 0.25) is 0 Å². The summed E-state index contributed by atoms with van der Waals surface area (Å²) >= 11 is 1.34. The molecule has 0 radical (unpaired) electrons. The van der Waals surface area contributed by atoms with Gasteiger partial charge >= 0.3 is 6.03 Å². The average molecular weight is 374 g/mol. The zero-order chi connectivity index (χ0) is 18.7. The summed E-state index contributed by atoms with van der Waals surface area (Å²) in [5, 5.41) is 4.73. The molecule has 4 rings (SSSR count). The minimum atomic E-state index is -0.833. The van der Waals surface area contributed by atoms with Crippen LogP contribution in [0, 0.1) is 11.3 Å². The molecule has 2 aromatic heterocycles. The molecule has 1 aliphatic heterocycles. The smallest absolute Gasteiger partial charge is 0.323 e. The quantitative estimate of drug-likeness (QED) is 0.818. The molecule has 1 aliphatic carbocycles. The highest BCUT2D eigenvalue weighted by atomic mass is 32.1. The van der Waals surface area contributed by atoms with Crippen LogP contribution in [-0.2, 0) is 11.3 Å². The van der Waals surface area contributed by atoms with Gasteiger partial charge in [0, 0.05) is 17.6 Å². The number of fused-ring (bicyclic) bond motifs is 1. The van der Waals surface area contributed by atoms with E-state index < -0.39 is 11.6 Å². The van der Waals surface area contributed by atoms with E-state index in [1.807, 2.05) is 0 Å². The lowest BCUT2D eigenvalue weighted by Gasteiger charge is -2.43. The number of urea groups is 1. The summed E-state index contributed by atoms with van der Waals surface area (Å²) in [6, 6.07) is 0.992. The number of nitrogens with one attached hydrogen (secondary N) is 1. The van der Waals surface area contributed by atoms with E-state index in [0.29, 0.717) is 29.4 Å². The summed E-state index contributed by atoms with van der Waals surface area (Å²) in [7, 11) is 0. The summed E-state index contributed by atoms with van der Waals surface area (Å²) in [5.74, 6) is 0.156. The molecular formula is C18H22N4O3S. The van der Waals surface area contributed by atoms with Gasteiger partial charge in [-0.25, -0.2) is 9.78 Å². The van der Waals surface area contributed by atoms with Crippen molar-refractivity contribution in [3.63, 3.8) is 0 Å². The molecule has 2 aromatic rings. The van der Waals surface area contributed by atoms with E-state index in [0.717, 1.165) is 6.42 Å². The fourth-order valence-electron chi connectivity index (χ4n) is 4.78.